The molecule has 1 saturated heterocycles. The maximum Gasteiger partial charge on any atom is 0.319 e. The molecule has 2 aliphatic heterocycles. The molecule has 2 N–H and O–H groups in total. The summed E-state index contributed by atoms with van der Waals surface area (Å²) in [6.45, 7) is 11.4. The Morgan fingerprint density at radius 3 is 2.59 bits per heavy atom. The van der Waals surface area contributed by atoms with E-state index in [1.54, 1.807) is 0 Å². The summed E-state index contributed by atoms with van der Waals surface area (Å²) in [5.74, 6) is 0.759. The normalized spacial score (nSPS) is 22.2. The molecule has 46 heavy (non-hydrogen) atoms. The van der Waals surface area contributed by atoms with Crippen molar-refractivity contribution in [3.63, 3.8) is 0 Å². The molecule has 1 aromatic heterocycles. The zero-order valence-corrected chi connectivity index (χ0v) is 28.4. The molecule has 1 aromatic carbocycles. The van der Waals surface area contributed by atoms with E-state index in [9.17, 15) is 9.59 Å². The standard InChI is InChI=1S/C37H56N6O3/c1-28-24-43(29(2)27-46-20-19-42-17-7-8-18-42)36(44)23-32-22-35(40-37(45)39-34-9-5-4-6-10-34)12-11-31(32)21-33(28)26-41(3)25-30-13-15-38-16-14-30/h11-16,22,28-29,33-34H,4-10,17-21,23-27H2,1-3H3,(H2,39,40,45)/t28-,29+,33+/m1/s1. The van der Waals surface area contributed by atoms with E-state index < -0.39 is 0 Å². The van der Waals surface area contributed by atoms with Gasteiger partial charge < -0.3 is 30.1 Å². The quantitative estimate of drug-likeness (QED) is 0.307. The SMILES string of the molecule is C[C@@H]1CN([C@@H](C)COCCN2CCCC2)C(=O)Cc2cc(NC(=O)NC3CCCCC3)ccc2C[C@H]1CN(C)Cc1ccncc1. The molecule has 3 amide bonds. The second kappa shape index (κ2) is 17.2. The Kier molecular flexibility index (Phi) is 12.9. The molecule has 3 aliphatic rings. The van der Waals surface area contributed by atoms with E-state index in [4.69, 9.17) is 4.74 Å². The number of carbonyl (C=O) groups is 2. The average Bonchev–Trinajstić information content (AvgIpc) is 3.57. The summed E-state index contributed by atoms with van der Waals surface area (Å²) in [5, 5.41) is 6.22. The molecule has 2 aromatic rings. The monoisotopic (exact) mass is 632 g/mol. The summed E-state index contributed by atoms with van der Waals surface area (Å²) in [6.07, 6.45) is 13.1. The van der Waals surface area contributed by atoms with E-state index in [-0.39, 0.29) is 24.0 Å². The molecule has 9 nitrogen and oxygen atoms in total. The van der Waals surface area contributed by atoms with Gasteiger partial charge in [-0.2, -0.15) is 0 Å². The van der Waals surface area contributed by atoms with Crippen molar-refractivity contribution in [3.8, 4) is 0 Å². The smallest absolute Gasteiger partial charge is 0.319 e. The number of carbonyl (C=O) groups excluding carboxylic acids is 2. The predicted octanol–water partition coefficient (Wildman–Crippen LogP) is 5.35. The number of hydrogen-bond acceptors (Lipinski definition) is 6. The Balaban J connectivity index is 1.30. The van der Waals surface area contributed by atoms with Crippen molar-refractivity contribution in [1.82, 2.24) is 25.0 Å². The maximum atomic E-state index is 14.0. The van der Waals surface area contributed by atoms with Crippen LogP contribution in [0.25, 0.3) is 0 Å². The van der Waals surface area contributed by atoms with Crippen LogP contribution in [0.3, 0.4) is 0 Å². The molecular weight excluding hydrogens is 576 g/mol. The highest BCUT2D eigenvalue weighted by Crippen LogP contribution is 2.28. The second-order valence-electron chi connectivity index (χ2n) is 14.1. The number of amides is 3. The van der Waals surface area contributed by atoms with Crippen molar-refractivity contribution in [2.24, 2.45) is 11.8 Å². The fourth-order valence-electron chi connectivity index (χ4n) is 7.45. The number of nitrogens with zero attached hydrogens (tertiary/aromatic N) is 4. The number of likely N-dealkylation sites (tertiary alicyclic amines) is 1. The lowest BCUT2D eigenvalue weighted by atomic mass is 9.85. The van der Waals surface area contributed by atoms with Gasteiger partial charge in [-0.1, -0.05) is 32.3 Å². The fourth-order valence-corrected chi connectivity index (χ4v) is 7.45. The first-order chi connectivity index (χ1) is 22.3. The molecular formula is C37H56N6O3. The van der Waals surface area contributed by atoms with Gasteiger partial charge in [0.1, 0.15) is 0 Å². The molecule has 1 aliphatic carbocycles. The Morgan fingerprint density at radius 1 is 1.07 bits per heavy atom. The van der Waals surface area contributed by atoms with Crippen LogP contribution in [0.5, 0.6) is 0 Å². The number of fused-ring (bicyclic) bond motifs is 1. The van der Waals surface area contributed by atoms with E-state index in [1.807, 2.05) is 24.5 Å². The van der Waals surface area contributed by atoms with Crippen LogP contribution in [0.4, 0.5) is 10.5 Å². The van der Waals surface area contributed by atoms with Gasteiger partial charge in [-0.25, -0.2) is 4.79 Å². The molecule has 0 unspecified atom stereocenters. The number of aromatic nitrogens is 1. The summed E-state index contributed by atoms with van der Waals surface area (Å²) in [7, 11) is 2.18. The van der Waals surface area contributed by atoms with Crippen LogP contribution >= 0.6 is 0 Å². The summed E-state index contributed by atoms with van der Waals surface area (Å²) in [6, 6.07) is 10.4. The van der Waals surface area contributed by atoms with Crippen LogP contribution in [0.1, 0.15) is 75.5 Å². The summed E-state index contributed by atoms with van der Waals surface area (Å²) < 4.78 is 6.15. The van der Waals surface area contributed by atoms with E-state index in [2.05, 4.69) is 69.4 Å². The minimum absolute atomic E-state index is 0.0205. The van der Waals surface area contributed by atoms with Crippen LogP contribution < -0.4 is 10.6 Å². The molecule has 3 atom stereocenters. The lowest BCUT2D eigenvalue weighted by Crippen LogP contribution is -2.46. The number of benzene rings is 1. The van der Waals surface area contributed by atoms with Crippen LogP contribution in [0.2, 0.25) is 0 Å². The van der Waals surface area contributed by atoms with Crippen molar-refractivity contribution >= 4 is 17.6 Å². The van der Waals surface area contributed by atoms with Crippen molar-refractivity contribution in [2.75, 3.05) is 58.3 Å². The lowest BCUT2D eigenvalue weighted by Gasteiger charge is -2.35. The topological polar surface area (TPSA) is 90.0 Å². The van der Waals surface area contributed by atoms with Gasteiger partial charge >= 0.3 is 6.03 Å². The Labute approximate surface area is 276 Å². The number of rotatable bonds is 12. The van der Waals surface area contributed by atoms with E-state index in [0.717, 1.165) is 63.2 Å². The van der Waals surface area contributed by atoms with E-state index in [1.165, 1.54) is 43.2 Å². The van der Waals surface area contributed by atoms with E-state index in [0.29, 0.717) is 38.0 Å². The van der Waals surface area contributed by atoms with Gasteiger partial charge in [-0.15, -0.1) is 0 Å². The van der Waals surface area contributed by atoms with Gasteiger partial charge in [0, 0.05) is 50.3 Å². The van der Waals surface area contributed by atoms with E-state index >= 15 is 0 Å². The zero-order chi connectivity index (χ0) is 32.3. The molecule has 3 heterocycles. The minimum atomic E-state index is -0.160. The van der Waals surface area contributed by atoms with Gasteiger partial charge in [-0.3, -0.25) is 9.78 Å². The summed E-state index contributed by atoms with van der Waals surface area (Å²) in [5.41, 5.74) is 4.18. The average molecular weight is 633 g/mol. The van der Waals surface area contributed by atoms with Gasteiger partial charge in [-0.05, 0) is 112 Å². The van der Waals surface area contributed by atoms with Crippen molar-refractivity contribution in [2.45, 2.75) is 90.3 Å². The largest absolute Gasteiger partial charge is 0.378 e. The van der Waals surface area contributed by atoms with Crippen LogP contribution in [-0.4, -0.2) is 96.7 Å². The van der Waals surface area contributed by atoms with Gasteiger partial charge in [0.2, 0.25) is 5.91 Å². The highest BCUT2D eigenvalue weighted by Gasteiger charge is 2.30. The van der Waals surface area contributed by atoms with Gasteiger partial charge in [0.05, 0.1) is 25.7 Å². The number of pyridine rings is 1. The Bertz CT molecular complexity index is 1250. The maximum absolute atomic E-state index is 14.0. The number of urea groups is 1. The number of ether oxygens (including phenoxy) is 1. The molecule has 9 heteroatoms. The molecule has 0 spiro atoms. The third-order valence-corrected chi connectivity index (χ3v) is 10.2. The Hall–Kier alpha value is -3.01. The molecule has 1 saturated carbocycles. The molecule has 2 fully saturated rings. The predicted molar refractivity (Wildman–Crippen MR) is 184 cm³/mol. The minimum Gasteiger partial charge on any atom is -0.378 e. The highest BCUT2D eigenvalue weighted by molar-refractivity contribution is 5.90. The first-order valence-corrected chi connectivity index (χ1v) is 17.7. The number of hydrogen-bond donors (Lipinski definition) is 2. The molecule has 0 bridgehead atoms. The summed E-state index contributed by atoms with van der Waals surface area (Å²) in [4.78, 5) is 38.0. The third kappa shape index (κ3) is 10.2. The first-order valence-electron chi connectivity index (χ1n) is 17.7. The first kappa shape index (κ1) is 34.3. The number of anilines is 1. The fraction of sp³-hybridized carbons (Fsp3) is 0.649. The molecule has 0 radical (unpaired) electrons. The van der Waals surface area contributed by atoms with Gasteiger partial charge in [0.15, 0.2) is 0 Å². The molecule has 252 valence electrons. The van der Waals surface area contributed by atoms with Crippen LogP contribution in [0, 0.1) is 11.8 Å². The van der Waals surface area contributed by atoms with Crippen molar-refractivity contribution in [3.05, 3.63) is 59.4 Å². The zero-order valence-electron chi connectivity index (χ0n) is 28.4. The van der Waals surface area contributed by atoms with Crippen molar-refractivity contribution < 1.29 is 14.3 Å². The highest BCUT2D eigenvalue weighted by atomic mass is 16.5. The Morgan fingerprint density at radius 2 is 1.83 bits per heavy atom. The summed E-state index contributed by atoms with van der Waals surface area (Å²) >= 11 is 0. The number of nitrogens with one attached hydrogen (secondary N) is 2. The van der Waals surface area contributed by atoms with Crippen LogP contribution in [-0.2, 0) is 28.9 Å². The second-order valence-corrected chi connectivity index (χ2v) is 14.1. The molecule has 5 rings (SSSR count). The lowest BCUT2D eigenvalue weighted by molar-refractivity contribution is -0.134. The van der Waals surface area contributed by atoms with Crippen molar-refractivity contribution in [1.29, 1.82) is 0 Å². The van der Waals surface area contributed by atoms with Crippen LogP contribution in [0.15, 0.2) is 42.7 Å². The van der Waals surface area contributed by atoms with Gasteiger partial charge in [0.25, 0.3) is 0 Å². The third-order valence-electron chi connectivity index (χ3n) is 10.2.